The lowest BCUT2D eigenvalue weighted by atomic mass is 9.72. The van der Waals surface area contributed by atoms with E-state index in [0.717, 1.165) is 5.92 Å². The number of likely N-dealkylation sites (tertiary alicyclic amines) is 1. The maximum absolute atomic E-state index is 2.53. The highest BCUT2D eigenvalue weighted by Crippen LogP contribution is 2.68. The normalized spacial score (nSPS) is 46.3. The van der Waals surface area contributed by atoms with E-state index >= 15 is 0 Å². The second-order valence-corrected chi connectivity index (χ2v) is 7.75. The monoisotopic (exact) mass is 224 g/mol. The van der Waals surface area contributed by atoms with Crippen molar-refractivity contribution < 1.29 is 4.48 Å². The number of hydrogen-bond acceptors (Lipinski definition) is 0. The van der Waals surface area contributed by atoms with Crippen molar-refractivity contribution in [3.05, 3.63) is 0 Å². The molecule has 0 aromatic carbocycles. The van der Waals surface area contributed by atoms with Crippen molar-refractivity contribution >= 4 is 0 Å². The molecule has 0 spiro atoms. The molecule has 3 unspecified atom stereocenters. The Hall–Kier alpha value is -0.0400. The molecule has 1 heteroatoms. The molecule has 1 saturated carbocycles. The Bertz CT molecular complexity index is 305. The van der Waals surface area contributed by atoms with Crippen LogP contribution in [0.4, 0.5) is 0 Å². The lowest BCUT2D eigenvalue weighted by molar-refractivity contribution is -1.01. The van der Waals surface area contributed by atoms with Gasteiger partial charge in [0.25, 0.3) is 0 Å². The Kier molecular flexibility index (Phi) is 2.36. The third-order valence-electron chi connectivity index (χ3n) is 7.17. The maximum atomic E-state index is 2.53. The molecule has 1 saturated heterocycles. The molecule has 0 N–H and O–H groups in total. The summed E-state index contributed by atoms with van der Waals surface area (Å²) in [5.74, 6) is 1.02. The Morgan fingerprint density at radius 1 is 1.25 bits per heavy atom. The number of nitrogens with zero attached hydrogens (tertiary/aromatic N) is 1. The van der Waals surface area contributed by atoms with Gasteiger partial charge in [-0.25, -0.2) is 0 Å². The van der Waals surface area contributed by atoms with E-state index in [9.17, 15) is 0 Å². The van der Waals surface area contributed by atoms with Gasteiger partial charge in [0.2, 0.25) is 0 Å². The lowest BCUT2D eigenvalue weighted by Gasteiger charge is -2.61. The summed E-state index contributed by atoms with van der Waals surface area (Å²) in [6.07, 6.45) is 4.18. The van der Waals surface area contributed by atoms with Crippen molar-refractivity contribution in [1.82, 2.24) is 0 Å². The standard InChI is InChI=1S/C15H30N/c1-8-13(2,3)16(7)10-9-12-11-15(12,6)14(16,4)5/h12H,8-11H2,1-7H3/q+1. The van der Waals surface area contributed by atoms with Crippen LogP contribution in [0.3, 0.4) is 0 Å². The maximum Gasteiger partial charge on any atom is 0.0994 e. The largest absolute Gasteiger partial charge is 0.317 e. The molecule has 2 rings (SSSR count). The summed E-state index contributed by atoms with van der Waals surface area (Å²) in [5.41, 5.74) is 1.43. The molecule has 0 bridgehead atoms. The third kappa shape index (κ3) is 1.16. The second kappa shape index (κ2) is 3.04. The number of rotatable bonds is 2. The van der Waals surface area contributed by atoms with E-state index in [1.807, 2.05) is 0 Å². The van der Waals surface area contributed by atoms with E-state index in [-0.39, 0.29) is 0 Å². The minimum Gasteiger partial charge on any atom is -0.317 e. The first kappa shape index (κ1) is 12.4. The van der Waals surface area contributed by atoms with Crippen LogP contribution in [0.15, 0.2) is 0 Å². The van der Waals surface area contributed by atoms with Crippen molar-refractivity contribution in [2.75, 3.05) is 13.6 Å². The van der Waals surface area contributed by atoms with Gasteiger partial charge in [-0.15, -0.1) is 0 Å². The molecule has 2 aliphatic rings. The topological polar surface area (TPSA) is 0 Å². The average molecular weight is 224 g/mol. The Labute approximate surface area is 102 Å². The molecule has 0 radical (unpaired) electrons. The first-order chi connectivity index (χ1) is 7.12. The van der Waals surface area contributed by atoms with Crippen molar-refractivity contribution in [2.24, 2.45) is 11.3 Å². The van der Waals surface area contributed by atoms with Gasteiger partial charge < -0.3 is 4.48 Å². The molecular formula is C15H30N+. The second-order valence-electron chi connectivity index (χ2n) is 7.75. The van der Waals surface area contributed by atoms with E-state index in [2.05, 4.69) is 48.6 Å². The van der Waals surface area contributed by atoms with Gasteiger partial charge in [0, 0.05) is 11.8 Å². The molecular weight excluding hydrogens is 194 g/mol. The molecule has 0 aromatic heterocycles. The smallest absolute Gasteiger partial charge is 0.0994 e. The molecule has 16 heavy (non-hydrogen) atoms. The van der Waals surface area contributed by atoms with Gasteiger partial charge in [-0.3, -0.25) is 0 Å². The molecule has 1 aliphatic heterocycles. The molecule has 1 nitrogen and oxygen atoms in total. The first-order valence-electron chi connectivity index (χ1n) is 6.98. The highest BCUT2D eigenvalue weighted by Gasteiger charge is 2.71. The summed E-state index contributed by atoms with van der Waals surface area (Å²) in [4.78, 5) is 0. The van der Waals surface area contributed by atoms with Crippen molar-refractivity contribution in [2.45, 2.75) is 71.9 Å². The van der Waals surface area contributed by atoms with Crippen LogP contribution in [0, 0.1) is 11.3 Å². The van der Waals surface area contributed by atoms with E-state index in [0.29, 0.717) is 16.5 Å². The van der Waals surface area contributed by atoms with E-state index < -0.39 is 0 Å². The van der Waals surface area contributed by atoms with Crippen LogP contribution in [-0.4, -0.2) is 29.2 Å². The molecule has 3 atom stereocenters. The van der Waals surface area contributed by atoms with Gasteiger partial charge in [0.05, 0.1) is 24.7 Å². The molecule has 94 valence electrons. The van der Waals surface area contributed by atoms with E-state index in [4.69, 9.17) is 0 Å². The fourth-order valence-corrected chi connectivity index (χ4v) is 4.29. The van der Waals surface area contributed by atoms with Crippen molar-refractivity contribution in [1.29, 1.82) is 0 Å². The van der Waals surface area contributed by atoms with Gasteiger partial charge in [0.1, 0.15) is 0 Å². The molecule has 1 aliphatic carbocycles. The van der Waals surface area contributed by atoms with Crippen LogP contribution in [-0.2, 0) is 0 Å². The molecule has 0 aromatic rings. The van der Waals surface area contributed by atoms with Gasteiger partial charge >= 0.3 is 0 Å². The molecule has 1 heterocycles. The summed E-state index contributed by atoms with van der Waals surface area (Å²) in [7, 11) is 2.50. The van der Waals surface area contributed by atoms with Crippen LogP contribution in [0.25, 0.3) is 0 Å². The fourth-order valence-electron chi connectivity index (χ4n) is 4.29. The SMILES string of the molecule is CCC(C)(C)[N+]1(C)CCC2CC2(C)C1(C)C. The highest BCUT2D eigenvalue weighted by molar-refractivity contribution is 5.12. The van der Waals surface area contributed by atoms with Crippen LogP contribution in [0.5, 0.6) is 0 Å². The zero-order valence-electron chi connectivity index (χ0n) is 12.4. The van der Waals surface area contributed by atoms with Crippen LogP contribution in [0.1, 0.15) is 60.8 Å². The van der Waals surface area contributed by atoms with Gasteiger partial charge in [-0.1, -0.05) is 13.8 Å². The van der Waals surface area contributed by atoms with Crippen LogP contribution < -0.4 is 0 Å². The zero-order valence-corrected chi connectivity index (χ0v) is 12.4. The summed E-state index contributed by atoms with van der Waals surface area (Å²) in [6, 6.07) is 0. The Morgan fingerprint density at radius 2 is 1.81 bits per heavy atom. The minimum absolute atomic E-state index is 0.403. The zero-order chi connectivity index (χ0) is 12.4. The van der Waals surface area contributed by atoms with Gasteiger partial charge in [0.15, 0.2) is 0 Å². The summed E-state index contributed by atoms with van der Waals surface area (Å²) < 4.78 is 1.25. The Morgan fingerprint density at radius 3 is 2.31 bits per heavy atom. The van der Waals surface area contributed by atoms with Crippen molar-refractivity contribution in [3.8, 4) is 0 Å². The number of hydrogen-bond donors (Lipinski definition) is 0. The van der Waals surface area contributed by atoms with Gasteiger partial charge in [-0.2, -0.15) is 0 Å². The summed E-state index contributed by atoms with van der Waals surface area (Å²) in [6.45, 7) is 16.2. The van der Waals surface area contributed by atoms with Gasteiger partial charge in [-0.05, 0) is 46.5 Å². The lowest BCUT2D eigenvalue weighted by Crippen LogP contribution is -2.73. The van der Waals surface area contributed by atoms with Crippen LogP contribution in [0.2, 0.25) is 0 Å². The van der Waals surface area contributed by atoms with Crippen LogP contribution >= 0.6 is 0 Å². The predicted octanol–water partition coefficient (Wildman–Crippen LogP) is 3.83. The third-order valence-corrected chi connectivity index (χ3v) is 7.17. The quantitative estimate of drug-likeness (QED) is 0.625. The summed E-state index contributed by atoms with van der Waals surface area (Å²) in [5, 5.41) is 0. The fraction of sp³-hybridized carbons (Fsp3) is 1.00. The summed E-state index contributed by atoms with van der Waals surface area (Å²) >= 11 is 0. The number of fused-ring (bicyclic) bond motifs is 1. The minimum atomic E-state index is 0.403. The van der Waals surface area contributed by atoms with E-state index in [1.54, 1.807) is 0 Å². The average Bonchev–Trinajstić information content (AvgIpc) is 2.87. The van der Waals surface area contributed by atoms with E-state index in [1.165, 1.54) is 30.3 Å². The predicted molar refractivity (Wildman–Crippen MR) is 70.3 cm³/mol. The first-order valence-corrected chi connectivity index (χ1v) is 6.98. The Balaban J connectivity index is 2.41. The molecule has 0 amide bonds. The highest BCUT2D eigenvalue weighted by atomic mass is 15.5. The number of quaternary nitrogens is 1. The van der Waals surface area contributed by atoms with Crippen molar-refractivity contribution in [3.63, 3.8) is 0 Å². The molecule has 2 fully saturated rings. The number of piperidine rings is 1.